The summed E-state index contributed by atoms with van der Waals surface area (Å²) in [5, 5.41) is 2.85. The van der Waals surface area contributed by atoms with Gasteiger partial charge in [0.1, 0.15) is 23.8 Å². The van der Waals surface area contributed by atoms with Crippen LogP contribution in [-0.2, 0) is 9.16 Å². The fourth-order valence-electron chi connectivity index (χ4n) is 2.24. The highest BCUT2D eigenvalue weighted by Crippen LogP contribution is 2.36. The topological polar surface area (TPSA) is 56.8 Å². The van der Waals surface area contributed by atoms with Gasteiger partial charge in [-0.1, -0.05) is 39.5 Å². The lowest BCUT2D eigenvalue weighted by Crippen LogP contribution is -2.41. The van der Waals surface area contributed by atoms with Gasteiger partial charge in [-0.15, -0.1) is 0 Å². The summed E-state index contributed by atoms with van der Waals surface area (Å²) in [6.45, 7) is 18.9. The first-order chi connectivity index (χ1) is 14.1. The van der Waals surface area contributed by atoms with Gasteiger partial charge in [0.25, 0.3) is 0 Å². The quantitative estimate of drug-likeness (QED) is 0.319. The maximum Gasteiger partial charge on any atom is 0.408 e. The highest BCUT2D eigenvalue weighted by atomic mass is 28.4. The molecule has 0 aliphatic heterocycles. The van der Waals surface area contributed by atoms with Crippen LogP contribution in [0, 0.1) is 17.7 Å². The molecule has 1 N–H and O–H groups in total. The second-order valence-corrected chi connectivity index (χ2v) is 14.8. The van der Waals surface area contributed by atoms with Gasteiger partial charge in [0.2, 0.25) is 0 Å². The van der Waals surface area contributed by atoms with E-state index in [9.17, 15) is 9.18 Å². The van der Waals surface area contributed by atoms with E-state index >= 15 is 0 Å². The zero-order chi connectivity index (χ0) is 23.9. The van der Waals surface area contributed by atoms with E-state index < -0.39 is 31.9 Å². The molecule has 0 aromatic heterocycles. The number of rotatable bonds is 7. The van der Waals surface area contributed by atoms with E-state index in [0.717, 1.165) is 0 Å². The Morgan fingerprint density at radius 3 is 2.35 bits per heavy atom. The Hall–Kier alpha value is -2.04. The Labute approximate surface area is 188 Å². The standard InChI is InChI=1S/C24H38FNO4Si/c1-10-20(26-22(27)30-23(2,3)4)14-12-18-11-13-19(25)17-21(18)28-15-16-29-31(8,9)24(5,6)7/h11,13,17,20H,10,15-16H2,1-9H3,(H,26,27)/t20-/m1/s1. The average molecular weight is 452 g/mol. The largest absolute Gasteiger partial charge is 0.490 e. The van der Waals surface area contributed by atoms with Crippen LogP contribution in [0.2, 0.25) is 18.1 Å². The molecule has 1 aromatic rings. The van der Waals surface area contributed by atoms with E-state index in [2.05, 4.69) is 51.0 Å². The number of nitrogens with one attached hydrogen (secondary N) is 1. The molecule has 1 atom stereocenters. The number of amides is 1. The number of ether oxygens (including phenoxy) is 2. The summed E-state index contributed by atoms with van der Waals surface area (Å²) < 4.78 is 30.9. The number of carbonyl (C=O) groups is 1. The van der Waals surface area contributed by atoms with E-state index in [1.165, 1.54) is 12.1 Å². The summed E-state index contributed by atoms with van der Waals surface area (Å²) >= 11 is 0. The third-order valence-corrected chi connectivity index (χ3v) is 9.57. The molecule has 1 aromatic carbocycles. The summed E-state index contributed by atoms with van der Waals surface area (Å²) in [7, 11) is -1.87. The minimum absolute atomic E-state index is 0.110. The molecule has 174 valence electrons. The summed E-state index contributed by atoms with van der Waals surface area (Å²) in [5.41, 5.74) is -0.0292. The minimum Gasteiger partial charge on any atom is -0.490 e. The zero-order valence-electron chi connectivity index (χ0n) is 20.4. The van der Waals surface area contributed by atoms with Crippen molar-refractivity contribution in [3.8, 4) is 17.6 Å². The van der Waals surface area contributed by atoms with E-state index in [1.807, 2.05) is 6.92 Å². The summed E-state index contributed by atoms with van der Waals surface area (Å²) in [4.78, 5) is 12.0. The number of halogens is 1. The molecular formula is C24H38FNO4Si. The van der Waals surface area contributed by atoms with Gasteiger partial charge in [-0.25, -0.2) is 9.18 Å². The van der Waals surface area contributed by atoms with Gasteiger partial charge in [0.05, 0.1) is 18.2 Å². The van der Waals surface area contributed by atoms with Crippen molar-refractivity contribution in [3.05, 3.63) is 29.6 Å². The average Bonchev–Trinajstić information content (AvgIpc) is 2.60. The normalized spacial score (nSPS) is 13.1. The van der Waals surface area contributed by atoms with Crippen LogP contribution in [0.25, 0.3) is 0 Å². The molecule has 0 saturated carbocycles. The zero-order valence-corrected chi connectivity index (χ0v) is 21.4. The maximum atomic E-state index is 13.8. The second kappa shape index (κ2) is 11.0. The highest BCUT2D eigenvalue weighted by Gasteiger charge is 2.36. The second-order valence-electron chi connectivity index (χ2n) is 9.97. The van der Waals surface area contributed by atoms with Crippen LogP contribution in [0.15, 0.2) is 18.2 Å². The molecule has 0 spiro atoms. The first kappa shape index (κ1) is 27.0. The SMILES string of the molecule is CC[C@H](C#Cc1ccc(F)cc1OCCO[Si](C)(C)C(C)(C)C)NC(=O)OC(C)(C)C. The Kier molecular flexibility index (Phi) is 9.59. The summed E-state index contributed by atoms with van der Waals surface area (Å²) in [5.74, 6) is 5.97. The lowest BCUT2D eigenvalue weighted by Gasteiger charge is -2.36. The first-order valence-corrected chi connectivity index (χ1v) is 13.6. The molecule has 1 amide bonds. The molecule has 0 aliphatic carbocycles. The van der Waals surface area contributed by atoms with Crippen molar-refractivity contribution in [1.29, 1.82) is 0 Å². The monoisotopic (exact) mass is 451 g/mol. The third kappa shape index (κ3) is 9.75. The smallest absolute Gasteiger partial charge is 0.408 e. The molecule has 0 radical (unpaired) electrons. The minimum atomic E-state index is -1.87. The fourth-order valence-corrected chi connectivity index (χ4v) is 3.27. The van der Waals surface area contributed by atoms with Gasteiger partial charge >= 0.3 is 6.09 Å². The van der Waals surface area contributed by atoms with Crippen LogP contribution < -0.4 is 10.1 Å². The van der Waals surface area contributed by atoms with Gasteiger partial charge in [-0.3, -0.25) is 0 Å². The summed E-state index contributed by atoms with van der Waals surface area (Å²) in [6.07, 6.45) is 0.0799. The van der Waals surface area contributed by atoms with Crippen molar-refractivity contribution in [2.24, 2.45) is 0 Å². The molecule has 31 heavy (non-hydrogen) atoms. The Morgan fingerprint density at radius 1 is 1.16 bits per heavy atom. The number of benzene rings is 1. The molecule has 0 bridgehead atoms. The molecule has 7 heteroatoms. The van der Waals surface area contributed by atoms with Gasteiger partial charge < -0.3 is 19.2 Å². The molecule has 0 heterocycles. The molecule has 0 saturated heterocycles. The molecule has 5 nitrogen and oxygen atoms in total. The van der Waals surface area contributed by atoms with Gasteiger partial charge in [0.15, 0.2) is 8.32 Å². The van der Waals surface area contributed by atoms with Gasteiger partial charge in [-0.2, -0.15) is 0 Å². The first-order valence-electron chi connectivity index (χ1n) is 10.7. The molecule has 0 unspecified atom stereocenters. The molecular weight excluding hydrogens is 413 g/mol. The van der Waals surface area contributed by atoms with Crippen molar-refractivity contribution in [2.75, 3.05) is 13.2 Å². The molecule has 0 fully saturated rings. The van der Waals surface area contributed by atoms with Crippen LogP contribution in [0.4, 0.5) is 9.18 Å². The Balaban J connectivity index is 2.82. The number of hydrogen-bond acceptors (Lipinski definition) is 4. The van der Waals surface area contributed by atoms with Crippen molar-refractivity contribution in [2.45, 2.75) is 84.7 Å². The van der Waals surface area contributed by atoms with Crippen molar-refractivity contribution >= 4 is 14.4 Å². The number of hydrogen-bond donors (Lipinski definition) is 1. The van der Waals surface area contributed by atoms with E-state index in [0.29, 0.717) is 30.9 Å². The Morgan fingerprint density at radius 2 is 1.81 bits per heavy atom. The third-order valence-electron chi connectivity index (χ3n) is 5.03. The predicted octanol–water partition coefficient (Wildman–Crippen LogP) is 5.88. The Bertz CT molecular complexity index is 801. The van der Waals surface area contributed by atoms with Gasteiger partial charge in [-0.05, 0) is 57.5 Å². The predicted molar refractivity (Wildman–Crippen MR) is 125 cm³/mol. The number of alkyl carbamates (subject to hydrolysis) is 1. The maximum absolute atomic E-state index is 13.8. The van der Waals surface area contributed by atoms with E-state index in [1.54, 1.807) is 26.8 Å². The van der Waals surface area contributed by atoms with Crippen molar-refractivity contribution in [3.63, 3.8) is 0 Å². The van der Waals surface area contributed by atoms with Crippen molar-refractivity contribution < 1.29 is 23.1 Å². The van der Waals surface area contributed by atoms with Crippen molar-refractivity contribution in [1.82, 2.24) is 5.32 Å². The van der Waals surface area contributed by atoms with E-state index in [-0.39, 0.29) is 5.04 Å². The van der Waals surface area contributed by atoms with Gasteiger partial charge in [0, 0.05) is 6.07 Å². The van der Waals surface area contributed by atoms with Crippen LogP contribution in [-0.4, -0.2) is 39.3 Å². The lowest BCUT2D eigenvalue weighted by molar-refractivity contribution is 0.0515. The summed E-state index contributed by atoms with van der Waals surface area (Å²) in [6, 6.07) is 3.84. The number of carbonyl (C=O) groups excluding carboxylic acids is 1. The lowest BCUT2D eigenvalue weighted by atomic mass is 10.1. The fraction of sp³-hybridized carbons (Fsp3) is 0.625. The highest BCUT2D eigenvalue weighted by molar-refractivity contribution is 6.74. The van der Waals surface area contributed by atoms with E-state index in [4.69, 9.17) is 13.9 Å². The van der Waals surface area contributed by atoms with Crippen LogP contribution >= 0.6 is 0 Å². The van der Waals surface area contributed by atoms with Crippen LogP contribution in [0.3, 0.4) is 0 Å². The van der Waals surface area contributed by atoms with Crippen LogP contribution in [0.1, 0.15) is 60.5 Å². The van der Waals surface area contributed by atoms with Crippen LogP contribution in [0.5, 0.6) is 5.75 Å². The molecule has 0 aliphatic rings. The molecule has 1 rings (SSSR count).